The summed E-state index contributed by atoms with van der Waals surface area (Å²) in [6.07, 6.45) is -2.22. The van der Waals surface area contributed by atoms with Gasteiger partial charge in [0.05, 0.1) is 14.1 Å². The molecule has 0 aromatic carbocycles. The van der Waals surface area contributed by atoms with Gasteiger partial charge < -0.3 is 15.0 Å². The highest BCUT2D eigenvalue weighted by molar-refractivity contribution is 5.53. The number of carbonyl (C=O) groups excluding carboxylic acids is 1. The van der Waals surface area contributed by atoms with E-state index < -0.39 is 16.8 Å². The second-order valence-electron chi connectivity index (χ2n) is 2.44. The van der Waals surface area contributed by atoms with E-state index in [0.717, 1.165) is 0 Å². The molecule has 0 rings (SSSR count). The van der Waals surface area contributed by atoms with Crippen molar-refractivity contribution in [3.8, 4) is 0 Å². The maximum Gasteiger partial charge on any atom is 0.259 e. The molecule has 0 aliphatic heterocycles. The first-order valence-electron chi connectivity index (χ1n) is 2.62. The zero-order valence-corrected chi connectivity index (χ0v) is 5.79. The highest BCUT2D eigenvalue weighted by Crippen LogP contribution is 2.00. The summed E-state index contributed by atoms with van der Waals surface area (Å²) in [5, 5.41) is 19.0. The first-order chi connectivity index (χ1) is 3.89. The Balaban J connectivity index is 4.19. The molecule has 0 aromatic rings. The molecule has 0 aliphatic carbocycles. The Hall–Kier alpha value is -0.610. The molecule has 9 heavy (non-hydrogen) atoms. The van der Waals surface area contributed by atoms with Crippen molar-refractivity contribution in [2.24, 2.45) is 0 Å². The minimum atomic E-state index is -1.29. The summed E-state index contributed by atoms with van der Waals surface area (Å²) in [7, 11) is 2.72. The Morgan fingerprint density at radius 2 is 2.00 bits per heavy atom. The van der Waals surface area contributed by atoms with Crippen molar-refractivity contribution in [2.75, 3.05) is 14.1 Å². The summed E-state index contributed by atoms with van der Waals surface area (Å²) in [6.45, 7) is 1.40. The summed E-state index contributed by atoms with van der Waals surface area (Å²) in [5.41, 5.74) is 0. The third-order valence-corrected chi connectivity index (χ3v) is 1.40. The Morgan fingerprint density at radius 3 is 2.00 bits per heavy atom. The fourth-order valence-corrected chi connectivity index (χ4v) is 0.153. The third-order valence-electron chi connectivity index (χ3n) is 1.40. The summed E-state index contributed by atoms with van der Waals surface area (Å²) in [5.74, 6) is 0. The molecule has 4 nitrogen and oxygen atoms in total. The number of hydrogen-bond acceptors (Lipinski definition) is 3. The van der Waals surface area contributed by atoms with Crippen molar-refractivity contribution in [3.63, 3.8) is 0 Å². The number of rotatable bonds is 1. The maximum absolute atomic E-state index is 10.2. The van der Waals surface area contributed by atoms with E-state index in [2.05, 4.69) is 0 Å². The molecule has 4 heteroatoms. The van der Waals surface area contributed by atoms with Crippen LogP contribution in [0, 0.1) is 0 Å². The number of carbonyl (C=O) groups is 1. The van der Waals surface area contributed by atoms with Crippen LogP contribution in [0.15, 0.2) is 0 Å². The van der Waals surface area contributed by atoms with Gasteiger partial charge in [-0.05, 0) is 0 Å². The molecule has 1 N–H and O–H groups in total. The van der Waals surface area contributed by atoms with Gasteiger partial charge in [-0.25, -0.2) is 0 Å². The molecule has 0 radical (unpaired) electrons. The minimum absolute atomic E-state index is 0.528. The van der Waals surface area contributed by atoms with Crippen LogP contribution in [-0.2, 0) is 0 Å². The molecule has 0 saturated heterocycles. The summed E-state index contributed by atoms with van der Waals surface area (Å²) >= 11 is 0. The largest absolute Gasteiger partial charge is 0.498 e. The Kier molecular flexibility index (Phi) is 2.17. The second-order valence-corrected chi connectivity index (χ2v) is 2.44. The number of nitrogens with zero attached hydrogens (tertiary/aromatic N) is 1. The monoisotopic (exact) mass is 133 g/mol. The third kappa shape index (κ3) is 1.65. The SMILES string of the molecule is CC(O)[N+](C)(C)C(=O)[O-]. The predicted molar refractivity (Wildman–Crippen MR) is 29.2 cm³/mol. The second kappa shape index (κ2) is 2.33. The van der Waals surface area contributed by atoms with Crippen LogP contribution in [0.1, 0.15) is 6.92 Å². The Morgan fingerprint density at radius 1 is 1.67 bits per heavy atom. The standard InChI is InChI=1S/C5H11NO3/c1-4(7)6(2,3)5(8)9/h4,7H,1-3H3. The van der Waals surface area contributed by atoms with Gasteiger partial charge in [0.1, 0.15) is 0 Å². The molecule has 0 heterocycles. The average molecular weight is 133 g/mol. The lowest BCUT2D eigenvalue weighted by Gasteiger charge is -2.31. The van der Waals surface area contributed by atoms with Crippen LogP contribution in [0.2, 0.25) is 0 Å². The van der Waals surface area contributed by atoms with E-state index in [0.29, 0.717) is 0 Å². The number of aliphatic hydroxyl groups excluding tert-OH is 1. The van der Waals surface area contributed by atoms with Crippen molar-refractivity contribution < 1.29 is 19.5 Å². The molecule has 1 unspecified atom stereocenters. The van der Waals surface area contributed by atoms with Crippen LogP contribution in [0.3, 0.4) is 0 Å². The van der Waals surface area contributed by atoms with Crippen LogP contribution >= 0.6 is 0 Å². The number of aliphatic hydroxyl groups is 1. The van der Waals surface area contributed by atoms with E-state index in [-0.39, 0.29) is 0 Å². The average Bonchev–Trinajstić information content (AvgIpc) is 1.65. The van der Waals surface area contributed by atoms with Gasteiger partial charge in [0.2, 0.25) is 0 Å². The smallest absolute Gasteiger partial charge is 0.259 e. The molecular weight excluding hydrogens is 122 g/mol. The van der Waals surface area contributed by atoms with Gasteiger partial charge in [0.15, 0.2) is 6.23 Å². The number of hydrogen-bond donors (Lipinski definition) is 1. The van der Waals surface area contributed by atoms with Crippen molar-refractivity contribution in [2.45, 2.75) is 13.2 Å². The molecule has 54 valence electrons. The molecule has 0 spiro atoms. The lowest BCUT2D eigenvalue weighted by Crippen LogP contribution is -2.57. The predicted octanol–water partition coefficient (Wildman–Crippen LogP) is -1.26. The maximum atomic E-state index is 10.2. The first-order valence-corrected chi connectivity index (χ1v) is 2.62. The fourth-order valence-electron chi connectivity index (χ4n) is 0.153. The van der Waals surface area contributed by atoms with Crippen LogP contribution in [0.5, 0.6) is 0 Å². The number of carboxylic acid groups (broad SMARTS) is 1. The fraction of sp³-hybridized carbons (Fsp3) is 0.800. The van der Waals surface area contributed by atoms with Crippen LogP contribution in [0.25, 0.3) is 0 Å². The van der Waals surface area contributed by atoms with Crippen LogP contribution < -0.4 is 5.11 Å². The van der Waals surface area contributed by atoms with E-state index in [9.17, 15) is 9.90 Å². The van der Waals surface area contributed by atoms with Gasteiger partial charge in [-0.1, -0.05) is 0 Å². The van der Waals surface area contributed by atoms with E-state index in [1.807, 2.05) is 0 Å². The zero-order valence-electron chi connectivity index (χ0n) is 5.79. The Bertz CT molecular complexity index is 119. The normalized spacial score (nSPS) is 15.1. The molecule has 0 saturated carbocycles. The van der Waals surface area contributed by atoms with Gasteiger partial charge in [-0.3, -0.25) is 4.48 Å². The molecule has 0 bridgehead atoms. The van der Waals surface area contributed by atoms with Crippen LogP contribution in [0.4, 0.5) is 4.79 Å². The molecule has 0 aliphatic rings. The molecule has 1 atom stereocenters. The molecular formula is C5H11NO3. The van der Waals surface area contributed by atoms with Crippen molar-refractivity contribution in [3.05, 3.63) is 0 Å². The van der Waals surface area contributed by atoms with Gasteiger partial charge in [-0.2, -0.15) is 0 Å². The van der Waals surface area contributed by atoms with Gasteiger partial charge in [0.25, 0.3) is 6.09 Å². The van der Waals surface area contributed by atoms with Gasteiger partial charge in [-0.15, -0.1) is 0 Å². The van der Waals surface area contributed by atoms with Gasteiger partial charge >= 0.3 is 0 Å². The first kappa shape index (κ1) is 8.39. The lowest BCUT2D eigenvalue weighted by atomic mass is 10.5. The van der Waals surface area contributed by atoms with Crippen molar-refractivity contribution in [1.29, 1.82) is 0 Å². The topological polar surface area (TPSA) is 60.4 Å². The van der Waals surface area contributed by atoms with Crippen molar-refractivity contribution >= 4 is 6.09 Å². The van der Waals surface area contributed by atoms with Crippen LogP contribution in [-0.4, -0.2) is 36.0 Å². The molecule has 1 amide bonds. The van der Waals surface area contributed by atoms with E-state index in [1.165, 1.54) is 21.0 Å². The van der Waals surface area contributed by atoms with E-state index >= 15 is 0 Å². The highest BCUT2D eigenvalue weighted by atomic mass is 16.4. The Labute approximate surface area is 53.9 Å². The minimum Gasteiger partial charge on any atom is -0.498 e. The van der Waals surface area contributed by atoms with Gasteiger partial charge in [0, 0.05) is 6.92 Å². The van der Waals surface area contributed by atoms with E-state index in [1.54, 1.807) is 0 Å². The zero-order chi connectivity index (χ0) is 7.65. The summed E-state index contributed by atoms with van der Waals surface area (Å²) < 4.78 is -0.528. The quantitative estimate of drug-likeness (QED) is 0.359. The lowest BCUT2D eigenvalue weighted by molar-refractivity contribution is -0.883. The molecule has 0 fully saturated rings. The summed E-state index contributed by atoms with van der Waals surface area (Å²) in [6, 6.07) is 0. The summed E-state index contributed by atoms with van der Waals surface area (Å²) in [4.78, 5) is 10.2. The van der Waals surface area contributed by atoms with Crippen molar-refractivity contribution in [1.82, 2.24) is 0 Å². The van der Waals surface area contributed by atoms with E-state index in [4.69, 9.17) is 5.11 Å². The molecule has 0 aromatic heterocycles. The number of quaternary nitrogens is 1. The number of amides is 1. The highest BCUT2D eigenvalue weighted by Gasteiger charge is 2.23.